The maximum absolute atomic E-state index is 12.6. The van der Waals surface area contributed by atoms with Crippen LogP contribution in [-0.4, -0.2) is 25.7 Å². The predicted octanol–water partition coefficient (Wildman–Crippen LogP) is 4.10. The van der Waals surface area contributed by atoms with Crippen molar-refractivity contribution in [2.75, 3.05) is 13.6 Å². The number of nitrogens with one attached hydrogen (secondary N) is 2. The number of aliphatic imine (C=N–C) groups is 1. The molecule has 0 radical (unpaired) electrons. The summed E-state index contributed by atoms with van der Waals surface area (Å²) in [6.07, 6.45) is -9.10. The van der Waals surface area contributed by atoms with Gasteiger partial charge in [-0.3, -0.25) is 4.99 Å². The fourth-order valence-electron chi connectivity index (χ4n) is 1.92. The Morgan fingerprint density at radius 3 is 2.33 bits per heavy atom. The lowest BCUT2D eigenvalue weighted by Crippen LogP contribution is -2.37. The number of rotatable bonds is 6. The molecule has 0 fully saturated rings. The number of unbranched alkanes of at least 4 members (excludes halogenated alkanes) is 1. The van der Waals surface area contributed by atoms with Crippen LogP contribution in [0.5, 0.6) is 0 Å². The van der Waals surface area contributed by atoms with Gasteiger partial charge in [0, 0.05) is 26.6 Å². The fourth-order valence-corrected chi connectivity index (χ4v) is 1.92. The average Bonchev–Trinajstić information content (AvgIpc) is 2.48. The fraction of sp³-hybridized carbons (Fsp3) is 0.533. The molecule has 1 rings (SSSR count). The molecule has 0 saturated heterocycles. The molecule has 24 heavy (non-hydrogen) atoms. The van der Waals surface area contributed by atoms with Gasteiger partial charge in [-0.25, -0.2) is 0 Å². The number of alkyl halides is 6. The van der Waals surface area contributed by atoms with Gasteiger partial charge in [0.15, 0.2) is 5.96 Å². The van der Waals surface area contributed by atoms with Gasteiger partial charge in [0.05, 0.1) is 5.56 Å². The van der Waals surface area contributed by atoms with Gasteiger partial charge in [0.25, 0.3) is 0 Å². The summed E-state index contributed by atoms with van der Waals surface area (Å²) in [7, 11) is 1.47. The Morgan fingerprint density at radius 1 is 1.04 bits per heavy atom. The maximum Gasteiger partial charge on any atom is 0.416 e. The number of benzene rings is 1. The summed E-state index contributed by atoms with van der Waals surface area (Å²) in [6.45, 7) is 0.407. The Bertz CT molecular complexity index is 537. The zero-order valence-electron chi connectivity index (χ0n) is 13.1. The van der Waals surface area contributed by atoms with Crippen LogP contribution in [0.15, 0.2) is 29.3 Å². The SMILES string of the molecule is CN=C(NCCCCC(F)(F)F)NCc1cccc(C(F)(F)F)c1. The molecule has 3 nitrogen and oxygen atoms in total. The van der Waals surface area contributed by atoms with Crippen molar-refractivity contribution in [2.45, 2.75) is 38.2 Å². The summed E-state index contributed by atoms with van der Waals surface area (Å²) < 4.78 is 73.8. The average molecular weight is 355 g/mol. The van der Waals surface area contributed by atoms with Gasteiger partial charge in [0.1, 0.15) is 0 Å². The van der Waals surface area contributed by atoms with E-state index in [1.54, 1.807) is 6.07 Å². The molecule has 0 saturated carbocycles. The summed E-state index contributed by atoms with van der Waals surface area (Å²) in [4.78, 5) is 3.87. The van der Waals surface area contributed by atoms with Crippen molar-refractivity contribution in [1.29, 1.82) is 0 Å². The molecule has 0 aliphatic heterocycles. The van der Waals surface area contributed by atoms with Crippen molar-refractivity contribution in [3.63, 3.8) is 0 Å². The second kappa shape index (κ2) is 8.79. The molecule has 136 valence electrons. The summed E-state index contributed by atoms with van der Waals surface area (Å²) in [5, 5.41) is 5.64. The molecule has 0 unspecified atom stereocenters. The van der Waals surface area contributed by atoms with Gasteiger partial charge in [-0.1, -0.05) is 12.1 Å². The molecule has 0 atom stereocenters. The normalized spacial score (nSPS) is 13.0. The van der Waals surface area contributed by atoms with Crippen LogP contribution in [0.25, 0.3) is 0 Å². The van der Waals surface area contributed by atoms with Crippen LogP contribution in [0.3, 0.4) is 0 Å². The quantitative estimate of drug-likeness (QED) is 0.349. The van der Waals surface area contributed by atoms with Crippen LogP contribution < -0.4 is 10.6 Å². The minimum Gasteiger partial charge on any atom is -0.356 e. The van der Waals surface area contributed by atoms with Crippen LogP contribution in [-0.2, 0) is 12.7 Å². The van der Waals surface area contributed by atoms with Gasteiger partial charge in [-0.15, -0.1) is 0 Å². The largest absolute Gasteiger partial charge is 0.416 e. The van der Waals surface area contributed by atoms with E-state index in [2.05, 4.69) is 15.6 Å². The third-order valence-corrected chi connectivity index (χ3v) is 3.12. The Kier molecular flexibility index (Phi) is 7.37. The molecule has 0 aliphatic rings. The van der Waals surface area contributed by atoms with Crippen LogP contribution in [0.1, 0.15) is 30.4 Å². The smallest absolute Gasteiger partial charge is 0.356 e. The molecule has 1 aromatic carbocycles. The second-order valence-corrected chi connectivity index (χ2v) is 5.12. The maximum atomic E-state index is 12.6. The Balaban J connectivity index is 2.39. The zero-order valence-corrected chi connectivity index (χ0v) is 13.1. The van der Waals surface area contributed by atoms with E-state index in [-0.39, 0.29) is 13.0 Å². The van der Waals surface area contributed by atoms with Gasteiger partial charge in [-0.05, 0) is 30.5 Å². The first kappa shape index (κ1) is 20.1. The van der Waals surface area contributed by atoms with E-state index >= 15 is 0 Å². The third kappa shape index (κ3) is 8.07. The van der Waals surface area contributed by atoms with Crippen molar-refractivity contribution in [1.82, 2.24) is 10.6 Å². The van der Waals surface area contributed by atoms with Gasteiger partial charge in [-0.2, -0.15) is 26.3 Å². The van der Waals surface area contributed by atoms with E-state index in [0.29, 0.717) is 24.5 Å². The van der Waals surface area contributed by atoms with Crippen molar-refractivity contribution in [3.05, 3.63) is 35.4 Å². The number of hydrogen-bond acceptors (Lipinski definition) is 1. The Morgan fingerprint density at radius 2 is 1.75 bits per heavy atom. The summed E-state index contributed by atoms with van der Waals surface area (Å²) in [6, 6.07) is 4.87. The number of halogens is 6. The number of nitrogens with zero attached hydrogens (tertiary/aromatic N) is 1. The highest BCUT2D eigenvalue weighted by Crippen LogP contribution is 2.29. The number of hydrogen-bond donors (Lipinski definition) is 2. The Hall–Kier alpha value is -1.93. The first-order valence-corrected chi connectivity index (χ1v) is 7.29. The molecule has 0 bridgehead atoms. The van der Waals surface area contributed by atoms with E-state index in [1.807, 2.05) is 0 Å². The van der Waals surface area contributed by atoms with Crippen LogP contribution in [0.4, 0.5) is 26.3 Å². The highest BCUT2D eigenvalue weighted by molar-refractivity contribution is 5.79. The zero-order chi connectivity index (χ0) is 18.2. The van der Waals surface area contributed by atoms with Crippen LogP contribution >= 0.6 is 0 Å². The molecule has 0 heterocycles. The standard InChI is InChI=1S/C15H19F6N3/c1-22-13(23-8-3-2-7-14(16,17)18)24-10-11-5-4-6-12(9-11)15(19,20)21/h4-6,9H,2-3,7-8,10H2,1H3,(H2,22,23,24). The summed E-state index contributed by atoms with van der Waals surface area (Å²) >= 11 is 0. The summed E-state index contributed by atoms with van der Waals surface area (Å²) in [5.41, 5.74) is -0.318. The predicted molar refractivity (Wildman–Crippen MR) is 79.6 cm³/mol. The molecular weight excluding hydrogens is 336 g/mol. The van der Waals surface area contributed by atoms with E-state index in [0.717, 1.165) is 12.1 Å². The molecule has 2 N–H and O–H groups in total. The lowest BCUT2D eigenvalue weighted by atomic mass is 10.1. The first-order chi connectivity index (χ1) is 11.1. The molecule has 0 amide bonds. The molecular formula is C15H19F6N3. The summed E-state index contributed by atoms with van der Waals surface area (Å²) in [5.74, 6) is 0.319. The van der Waals surface area contributed by atoms with Crippen molar-refractivity contribution in [3.8, 4) is 0 Å². The van der Waals surface area contributed by atoms with Crippen LogP contribution in [0, 0.1) is 0 Å². The molecule has 9 heteroatoms. The minimum atomic E-state index is -4.41. The lowest BCUT2D eigenvalue weighted by molar-refractivity contribution is -0.137. The van der Waals surface area contributed by atoms with Crippen molar-refractivity contribution >= 4 is 5.96 Å². The van der Waals surface area contributed by atoms with Gasteiger partial charge < -0.3 is 10.6 Å². The topological polar surface area (TPSA) is 36.4 Å². The molecule has 0 spiro atoms. The Labute approximate surface area is 136 Å². The van der Waals surface area contributed by atoms with Crippen molar-refractivity contribution < 1.29 is 26.3 Å². The third-order valence-electron chi connectivity index (χ3n) is 3.12. The monoisotopic (exact) mass is 355 g/mol. The lowest BCUT2D eigenvalue weighted by Gasteiger charge is -2.13. The van der Waals surface area contributed by atoms with Gasteiger partial charge >= 0.3 is 12.4 Å². The minimum absolute atomic E-state index is 0.00111. The van der Waals surface area contributed by atoms with Crippen LogP contribution in [0.2, 0.25) is 0 Å². The van der Waals surface area contributed by atoms with E-state index in [9.17, 15) is 26.3 Å². The second-order valence-electron chi connectivity index (χ2n) is 5.12. The van der Waals surface area contributed by atoms with E-state index in [4.69, 9.17) is 0 Å². The highest BCUT2D eigenvalue weighted by atomic mass is 19.4. The highest BCUT2D eigenvalue weighted by Gasteiger charge is 2.30. The first-order valence-electron chi connectivity index (χ1n) is 7.29. The molecule has 1 aromatic rings. The van der Waals surface area contributed by atoms with E-state index < -0.39 is 24.3 Å². The van der Waals surface area contributed by atoms with E-state index in [1.165, 1.54) is 13.1 Å². The number of guanidine groups is 1. The molecule has 0 aromatic heterocycles. The molecule has 0 aliphatic carbocycles. The van der Waals surface area contributed by atoms with Gasteiger partial charge in [0.2, 0.25) is 0 Å². The van der Waals surface area contributed by atoms with Crippen molar-refractivity contribution in [2.24, 2.45) is 4.99 Å².